The molecule has 1 heterocycles. The maximum absolute atomic E-state index is 13.2. The number of rotatable bonds is 6. The number of amides is 1. The maximum atomic E-state index is 13.2. The van der Waals surface area contributed by atoms with Crippen molar-refractivity contribution in [2.45, 2.75) is 13.1 Å². The number of nitrogens with zero attached hydrogens (tertiary/aromatic N) is 1. The first-order chi connectivity index (χ1) is 12.7. The molecule has 1 aliphatic heterocycles. The molecule has 2 aromatic rings. The Kier molecular flexibility index (Phi) is 6.52. The minimum atomic E-state index is -0.315. The van der Waals surface area contributed by atoms with E-state index in [1.807, 2.05) is 18.2 Å². The molecule has 0 spiro atoms. The largest absolute Gasteiger partial charge is 0.379 e. The molecule has 1 N–H and O–H groups in total. The molecule has 3 rings (SSSR count). The zero-order valence-corrected chi connectivity index (χ0v) is 14.7. The normalized spacial score (nSPS) is 15.3. The Morgan fingerprint density at radius 3 is 2.65 bits per heavy atom. The average molecular weight is 354 g/mol. The van der Waals surface area contributed by atoms with E-state index in [1.54, 1.807) is 18.2 Å². The zero-order valence-electron chi connectivity index (χ0n) is 14.7. The highest BCUT2D eigenvalue weighted by atomic mass is 19.1. The second kappa shape index (κ2) is 9.27. The summed E-state index contributed by atoms with van der Waals surface area (Å²) in [6, 6.07) is 14.3. The van der Waals surface area contributed by atoms with Crippen LogP contribution < -0.4 is 5.32 Å². The molecule has 5 heteroatoms. The van der Waals surface area contributed by atoms with E-state index in [2.05, 4.69) is 16.3 Å². The summed E-state index contributed by atoms with van der Waals surface area (Å²) in [5, 5.41) is 2.90. The lowest BCUT2D eigenvalue weighted by Gasteiger charge is -2.27. The number of hydrogen-bond donors (Lipinski definition) is 1. The predicted octanol–water partition coefficient (Wildman–Crippen LogP) is 2.99. The second-order valence-corrected chi connectivity index (χ2v) is 6.26. The predicted molar refractivity (Wildman–Crippen MR) is 99.8 cm³/mol. The van der Waals surface area contributed by atoms with Crippen LogP contribution in [0.1, 0.15) is 16.7 Å². The molecule has 0 bridgehead atoms. The lowest BCUT2D eigenvalue weighted by molar-refractivity contribution is -0.116. The van der Waals surface area contributed by atoms with Gasteiger partial charge < -0.3 is 10.1 Å². The standard InChI is InChI=1S/C21H23FN2O2/c22-20-7-3-4-17(14-20)8-9-21(25)23-15-18-5-1-2-6-19(18)16-24-10-12-26-13-11-24/h1-9,14H,10-13,15-16H2,(H,23,25)/b9-8+. The quantitative estimate of drug-likeness (QED) is 0.811. The van der Waals surface area contributed by atoms with Crippen LogP contribution in [0.4, 0.5) is 4.39 Å². The Hall–Kier alpha value is -2.50. The number of hydrogen-bond acceptors (Lipinski definition) is 3. The van der Waals surface area contributed by atoms with Crippen LogP contribution in [0.3, 0.4) is 0 Å². The van der Waals surface area contributed by atoms with Crippen LogP contribution in [0.25, 0.3) is 6.08 Å². The van der Waals surface area contributed by atoms with E-state index in [0.29, 0.717) is 12.1 Å². The fourth-order valence-electron chi connectivity index (χ4n) is 2.91. The Labute approximate surface area is 153 Å². The summed E-state index contributed by atoms with van der Waals surface area (Å²) in [5.41, 5.74) is 2.98. The van der Waals surface area contributed by atoms with Crippen LogP contribution in [0.5, 0.6) is 0 Å². The molecule has 26 heavy (non-hydrogen) atoms. The summed E-state index contributed by atoms with van der Waals surface area (Å²) in [7, 11) is 0. The van der Waals surface area contributed by atoms with Crippen molar-refractivity contribution in [2.24, 2.45) is 0 Å². The molecule has 2 aromatic carbocycles. The number of carbonyl (C=O) groups excluding carboxylic acids is 1. The van der Waals surface area contributed by atoms with Gasteiger partial charge in [0.2, 0.25) is 5.91 Å². The van der Waals surface area contributed by atoms with Crippen LogP contribution in [-0.4, -0.2) is 37.1 Å². The Balaban J connectivity index is 1.56. The van der Waals surface area contributed by atoms with E-state index < -0.39 is 0 Å². The smallest absolute Gasteiger partial charge is 0.244 e. The molecule has 1 amide bonds. The van der Waals surface area contributed by atoms with Gasteiger partial charge in [0.25, 0.3) is 0 Å². The van der Waals surface area contributed by atoms with Crippen molar-refractivity contribution in [2.75, 3.05) is 26.3 Å². The average Bonchev–Trinajstić information content (AvgIpc) is 2.66. The molecule has 4 nitrogen and oxygen atoms in total. The monoisotopic (exact) mass is 354 g/mol. The highest BCUT2D eigenvalue weighted by Gasteiger charge is 2.12. The van der Waals surface area contributed by atoms with Crippen molar-refractivity contribution in [1.29, 1.82) is 0 Å². The fourth-order valence-corrected chi connectivity index (χ4v) is 2.91. The molecular formula is C21H23FN2O2. The Bertz CT molecular complexity index is 770. The van der Waals surface area contributed by atoms with Gasteiger partial charge in [0.1, 0.15) is 5.82 Å². The first-order valence-corrected chi connectivity index (χ1v) is 8.79. The van der Waals surface area contributed by atoms with Crippen LogP contribution in [-0.2, 0) is 22.6 Å². The Morgan fingerprint density at radius 2 is 1.88 bits per heavy atom. The molecular weight excluding hydrogens is 331 g/mol. The van der Waals surface area contributed by atoms with E-state index in [0.717, 1.165) is 38.4 Å². The molecule has 1 aliphatic rings. The van der Waals surface area contributed by atoms with Crippen molar-refractivity contribution < 1.29 is 13.9 Å². The highest BCUT2D eigenvalue weighted by molar-refractivity contribution is 5.91. The molecule has 0 saturated carbocycles. The van der Waals surface area contributed by atoms with E-state index in [1.165, 1.54) is 23.8 Å². The summed E-state index contributed by atoms with van der Waals surface area (Å²) in [5.74, 6) is -0.514. The maximum Gasteiger partial charge on any atom is 0.244 e. The van der Waals surface area contributed by atoms with Crippen LogP contribution in [0.15, 0.2) is 54.6 Å². The third kappa shape index (κ3) is 5.51. The van der Waals surface area contributed by atoms with Crippen LogP contribution in [0.2, 0.25) is 0 Å². The zero-order chi connectivity index (χ0) is 18.2. The lowest BCUT2D eigenvalue weighted by atomic mass is 10.1. The third-order valence-electron chi connectivity index (χ3n) is 4.34. The van der Waals surface area contributed by atoms with E-state index in [4.69, 9.17) is 4.74 Å². The van der Waals surface area contributed by atoms with Crippen LogP contribution in [0, 0.1) is 5.82 Å². The van der Waals surface area contributed by atoms with Gasteiger partial charge in [0.15, 0.2) is 0 Å². The molecule has 1 fully saturated rings. The molecule has 0 radical (unpaired) electrons. The fraction of sp³-hybridized carbons (Fsp3) is 0.286. The molecule has 0 aromatic heterocycles. The topological polar surface area (TPSA) is 41.6 Å². The Morgan fingerprint density at radius 1 is 1.12 bits per heavy atom. The third-order valence-corrected chi connectivity index (χ3v) is 4.34. The van der Waals surface area contributed by atoms with Gasteiger partial charge in [-0.1, -0.05) is 36.4 Å². The first kappa shape index (κ1) is 18.3. The van der Waals surface area contributed by atoms with Gasteiger partial charge >= 0.3 is 0 Å². The molecule has 136 valence electrons. The van der Waals surface area contributed by atoms with Crippen molar-refractivity contribution in [3.8, 4) is 0 Å². The van der Waals surface area contributed by atoms with Gasteiger partial charge in [-0.2, -0.15) is 0 Å². The summed E-state index contributed by atoms with van der Waals surface area (Å²) >= 11 is 0. The van der Waals surface area contributed by atoms with E-state index >= 15 is 0 Å². The van der Waals surface area contributed by atoms with Gasteiger partial charge in [-0.3, -0.25) is 9.69 Å². The van der Waals surface area contributed by atoms with Crippen LogP contribution >= 0.6 is 0 Å². The van der Waals surface area contributed by atoms with Crippen molar-refractivity contribution >= 4 is 12.0 Å². The number of benzene rings is 2. The number of nitrogens with one attached hydrogen (secondary N) is 1. The minimum Gasteiger partial charge on any atom is -0.379 e. The second-order valence-electron chi connectivity index (χ2n) is 6.26. The van der Waals surface area contributed by atoms with E-state index in [9.17, 15) is 9.18 Å². The lowest BCUT2D eigenvalue weighted by Crippen LogP contribution is -2.36. The van der Waals surface area contributed by atoms with E-state index in [-0.39, 0.29) is 11.7 Å². The number of halogens is 1. The van der Waals surface area contributed by atoms with Crippen molar-refractivity contribution in [3.05, 3.63) is 77.1 Å². The highest BCUT2D eigenvalue weighted by Crippen LogP contribution is 2.13. The summed E-state index contributed by atoms with van der Waals surface area (Å²) in [6.07, 6.45) is 3.04. The van der Waals surface area contributed by atoms with Crippen molar-refractivity contribution in [1.82, 2.24) is 10.2 Å². The molecule has 0 atom stereocenters. The van der Waals surface area contributed by atoms with Gasteiger partial charge in [-0.05, 0) is 34.9 Å². The number of morpholine rings is 1. The molecule has 0 aliphatic carbocycles. The number of carbonyl (C=O) groups is 1. The van der Waals surface area contributed by atoms with Crippen molar-refractivity contribution in [3.63, 3.8) is 0 Å². The van der Waals surface area contributed by atoms with Gasteiger partial charge in [-0.15, -0.1) is 0 Å². The van der Waals surface area contributed by atoms with Gasteiger partial charge in [0.05, 0.1) is 13.2 Å². The summed E-state index contributed by atoms with van der Waals surface area (Å²) in [4.78, 5) is 14.4. The number of ether oxygens (including phenoxy) is 1. The minimum absolute atomic E-state index is 0.199. The molecule has 0 unspecified atom stereocenters. The molecule has 1 saturated heterocycles. The summed E-state index contributed by atoms with van der Waals surface area (Å²) in [6.45, 7) is 4.71. The van der Waals surface area contributed by atoms with Gasteiger partial charge in [0, 0.05) is 32.3 Å². The van der Waals surface area contributed by atoms with Gasteiger partial charge in [-0.25, -0.2) is 4.39 Å². The summed E-state index contributed by atoms with van der Waals surface area (Å²) < 4.78 is 18.5. The first-order valence-electron chi connectivity index (χ1n) is 8.79. The SMILES string of the molecule is O=C(/C=C/c1cccc(F)c1)NCc1ccccc1CN1CCOCC1.